The molecule has 3 aromatic carbocycles. The second-order valence-corrected chi connectivity index (χ2v) is 15.2. The third-order valence-electron chi connectivity index (χ3n) is 6.80. The van der Waals surface area contributed by atoms with Gasteiger partial charge in [-0.1, -0.05) is 0 Å². The van der Waals surface area contributed by atoms with E-state index in [-0.39, 0.29) is 0 Å². The molecule has 0 aliphatic heterocycles. The fourth-order valence-corrected chi connectivity index (χ4v) is 11.4. The topological polar surface area (TPSA) is 0 Å². The van der Waals surface area contributed by atoms with Crippen LogP contribution in [0.2, 0.25) is 0 Å². The monoisotopic (exact) mass is 422 g/mol. The van der Waals surface area contributed by atoms with E-state index < -0.39 is 5.96 Å². The Morgan fingerprint density at radius 2 is 1.03 bits per heavy atom. The summed E-state index contributed by atoms with van der Waals surface area (Å²) in [5, 5.41) is 3.88. The van der Waals surface area contributed by atoms with Crippen LogP contribution < -0.4 is 15.9 Å². The average Bonchev–Trinajstić information content (AvgIpc) is 2.81. The van der Waals surface area contributed by atoms with Gasteiger partial charge in [-0.2, -0.15) is 0 Å². The van der Waals surface area contributed by atoms with Gasteiger partial charge in [0.25, 0.3) is 0 Å². The molecule has 29 heavy (non-hydrogen) atoms. The van der Waals surface area contributed by atoms with Crippen LogP contribution in [0.15, 0.2) is 91.0 Å². The van der Waals surface area contributed by atoms with Crippen LogP contribution >= 0.6 is 17.2 Å². The van der Waals surface area contributed by atoms with Gasteiger partial charge in [-0.25, -0.2) is 0 Å². The fraction of sp³-hybridized carbons (Fsp3) is 0.333. The maximum atomic E-state index is 8.12. The maximum absolute atomic E-state index is 8.12. The first-order chi connectivity index (χ1) is 14.2. The van der Waals surface area contributed by atoms with Crippen molar-refractivity contribution in [3.63, 3.8) is 0 Å². The summed E-state index contributed by atoms with van der Waals surface area (Å²) in [5.41, 5.74) is 0. The van der Waals surface area contributed by atoms with Gasteiger partial charge >= 0.3 is 181 Å². The van der Waals surface area contributed by atoms with E-state index in [9.17, 15) is 0 Å². The second kappa shape index (κ2) is 9.03. The quantitative estimate of drug-likeness (QED) is 0.358. The summed E-state index contributed by atoms with van der Waals surface area (Å²) < 4.78 is 0. The standard InChI is InChI=1S/C27H32ClP/c28-29(25-17-7-2-8-18-25,26-19-9-3-10-20-26,27-21-11-4-12-22-27)23-13-16-24-14-5-1-6-15-24/h2-4,7-12,17-22,24H,1,5-6,13-16,23H2. The molecule has 2 heteroatoms. The third kappa shape index (κ3) is 4.03. The number of halogens is 1. The van der Waals surface area contributed by atoms with Crippen LogP contribution in [0.3, 0.4) is 0 Å². The molecule has 1 aliphatic carbocycles. The average molecular weight is 423 g/mol. The molecule has 0 aromatic heterocycles. The minimum absolute atomic E-state index is 0.886. The Morgan fingerprint density at radius 3 is 1.45 bits per heavy atom. The van der Waals surface area contributed by atoms with E-state index >= 15 is 0 Å². The van der Waals surface area contributed by atoms with E-state index in [0.29, 0.717) is 0 Å². The first kappa shape index (κ1) is 20.6. The molecule has 0 heterocycles. The Labute approximate surface area is 181 Å². The van der Waals surface area contributed by atoms with Crippen molar-refractivity contribution in [2.75, 3.05) is 6.16 Å². The molecule has 3 aromatic rings. The van der Waals surface area contributed by atoms with Gasteiger partial charge in [0.2, 0.25) is 0 Å². The molecule has 152 valence electrons. The summed E-state index contributed by atoms with van der Waals surface area (Å²) in [6.07, 6.45) is 10.6. The molecular formula is C27H32ClP. The van der Waals surface area contributed by atoms with Gasteiger partial charge in [0.1, 0.15) is 0 Å². The molecule has 4 rings (SSSR count). The zero-order valence-corrected chi connectivity index (χ0v) is 18.9. The van der Waals surface area contributed by atoms with Crippen LogP contribution in [-0.4, -0.2) is 6.16 Å². The zero-order chi connectivity index (χ0) is 20.0. The Morgan fingerprint density at radius 1 is 0.621 bits per heavy atom. The molecule has 1 aliphatic rings. The Hall–Kier alpha value is -1.62. The van der Waals surface area contributed by atoms with E-state index in [1.165, 1.54) is 60.9 Å². The fourth-order valence-electron chi connectivity index (χ4n) is 5.20. The number of hydrogen-bond donors (Lipinski definition) is 0. The van der Waals surface area contributed by atoms with Crippen LogP contribution in [0.25, 0.3) is 0 Å². The molecule has 0 N–H and O–H groups in total. The van der Waals surface area contributed by atoms with Crippen molar-refractivity contribution in [1.82, 2.24) is 0 Å². The van der Waals surface area contributed by atoms with Crippen molar-refractivity contribution in [3.8, 4) is 0 Å². The molecule has 0 bridgehead atoms. The summed E-state index contributed by atoms with van der Waals surface area (Å²) in [6, 6.07) is 32.7. The summed E-state index contributed by atoms with van der Waals surface area (Å²) in [4.78, 5) is 0. The molecule has 0 nitrogen and oxygen atoms in total. The molecular weight excluding hydrogens is 391 g/mol. The Balaban J connectivity index is 1.80. The van der Waals surface area contributed by atoms with Gasteiger partial charge in [-0.15, -0.1) is 0 Å². The number of benzene rings is 3. The first-order valence-electron chi connectivity index (χ1n) is 11.1. The van der Waals surface area contributed by atoms with E-state index in [4.69, 9.17) is 11.2 Å². The van der Waals surface area contributed by atoms with Gasteiger partial charge in [-0.05, 0) is 0 Å². The van der Waals surface area contributed by atoms with E-state index in [0.717, 1.165) is 12.1 Å². The summed E-state index contributed by atoms with van der Waals surface area (Å²) >= 11 is 8.12. The molecule has 0 amide bonds. The molecule has 1 fully saturated rings. The minimum atomic E-state index is -3.05. The van der Waals surface area contributed by atoms with E-state index in [1.807, 2.05) is 0 Å². The summed E-state index contributed by atoms with van der Waals surface area (Å²) in [5.74, 6) is -2.16. The molecule has 0 atom stereocenters. The Kier molecular flexibility index (Phi) is 6.43. The normalized spacial score (nSPS) is 16.8. The van der Waals surface area contributed by atoms with E-state index in [1.54, 1.807) is 0 Å². The van der Waals surface area contributed by atoms with Crippen LogP contribution in [0.4, 0.5) is 0 Å². The SMILES string of the molecule is ClP(CCCC1CCCCC1)(c1ccccc1)(c1ccccc1)c1ccccc1. The molecule has 0 radical (unpaired) electrons. The van der Waals surface area contributed by atoms with Gasteiger partial charge < -0.3 is 0 Å². The summed E-state index contributed by atoms with van der Waals surface area (Å²) in [7, 11) is 0. The number of hydrogen-bond acceptors (Lipinski definition) is 0. The molecule has 0 spiro atoms. The third-order valence-corrected chi connectivity index (χ3v) is 14.3. The van der Waals surface area contributed by atoms with Crippen LogP contribution in [0, 0.1) is 5.92 Å². The van der Waals surface area contributed by atoms with Crippen molar-refractivity contribution in [2.24, 2.45) is 5.92 Å². The van der Waals surface area contributed by atoms with Gasteiger partial charge in [0, 0.05) is 0 Å². The molecule has 0 unspecified atom stereocenters. The van der Waals surface area contributed by atoms with Crippen molar-refractivity contribution >= 4 is 33.1 Å². The molecule has 1 saturated carbocycles. The van der Waals surface area contributed by atoms with Crippen LogP contribution in [0.1, 0.15) is 44.9 Å². The van der Waals surface area contributed by atoms with E-state index in [2.05, 4.69) is 91.0 Å². The molecule has 0 saturated heterocycles. The summed E-state index contributed by atoms with van der Waals surface area (Å²) in [6.45, 7) is 0. The van der Waals surface area contributed by atoms with Crippen molar-refractivity contribution in [1.29, 1.82) is 0 Å². The second-order valence-electron chi connectivity index (χ2n) is 8.56. The first-order valence-corrected chi connectivity index (χ1v) is 14.4. The van der Waals surface area contributed by atoms with Crippen LogP contribution in [-0.2, 0) is 0 Å². The van der Waals surface area contributed by atoms with Crippen molar-refractivity contribution in [2.45, 2.75) is 44.9 Å². The van der Waals surface area contributed by atoms with Gasteiger partial charge in [0.15, 0.2) is 0 Å². The van der Waals surface area contributed by atoms with Crippen LogP contribution in [0.5, 0.6) is 0 Å². The predicted octanol–water partition coefficient (Wildman–Crippen LogP) is 7.03. The predicted molar refractivity (Wildman–Crippen MR) is 132 cm³/mol. The zero-order valence-electron chi connectivity index (χ0n) is 17.2. The van der Waals surface area contributed by atoms with Gasteiger partial charge in [0.05, 0.1) is 0 Å². The van der Waals surface area contributed by atoms with Crippen molar-refractivity contribution in [3.05, 3.63) is 91.0 Å². The number of rotatable bonds is 7. The van der Waals surface area contributed by atoms with Crippen molar-refractivity contribution < 1.29 is 0 Å². The Bertz CT molecular complexity index is 786. The van der Waals surface area contributed by atoms with Gasteiger partial charge in [-0.3, -0.25) is 0 Å².